The molecule has 0 fully saturated rings. The van der Waals surface area contributed by atoms with Gasteiger partial charge in [0.2, 0.25) is 0 Å². The van der Waals surface area contributed by atoms with Gasteiger partial charge in [0.25, 0.3) is 5.91 Å². The van der Waals surface area contributed by atoms with E-state index in [0.29, 0.717) is 33.2 Å². The number of ketones is 1. The third kappa shape index (κ3) is 3.33. The fourth-order valence-electron chi connectivity index (χ4n) is 3.32. The molecule has 0 aliphatic carbocycles. The summed E-state index contributed by atoms with van der Waals surface area (Å²) in [4.78, 5) is 37.1. The molecule has 1 heterocycles. The largest absolute Gasteiger partial charge is 0.422 e. The average molecular weight is 399 g/mol. The van der Waals surface area contributed by atoms with Gasteiger partial charge in [0.15, 0.2) is 5.78 Å². The lowest BCUT2D eigenvalue weighted by Gasteiger charge is -2.10. The maximum Gasteiger partial charge on any atom is 0.344 e. The first-order valence-corrected chi connectivity index (χ1v) is 9.11. The van der Waals surface area contributed by atoms with Crippen molar-refractivity contribution >= 4 is 45.0 Å². The maximum atomic E-state index is 13.0. The monoisotopic (exact) mass is 399 g/mol. The molecule has 7 nitrogen and oxygen atoms in total. The molecule has 0 bridgehead atoms. The van der Waals surface area contributed by atoms with E-state index in [2.05, 4.69) is 5.32 Å². The molecule has 0 unspecified atom stereocenters. The van der Waals surface area contributed by atoms with Gasteiger partial charge in [-0.2, -0.15) is 0 Å². The minimum Gasteiger partial charge on any atom is -0.422 e. The Labute approximate surface area is 170 Å². The van der Waals surface area contributed by atoms with Gasteiger partial charge < -0.3 is 15.5 Å². The highest BCUT2D eigenvalue weighted by Crippen LogP contribution is 2.28. The lowest BCUT2D eigenvalue weighted by molar-refractivity contribution is 0.101. The smallest absolute Gasteiger partial charge is 0.344 e. The first kappa shape index (κ1) is 19.1. The van der Waals surface area contributed by atoms with E-state index in [4.69, 9.17) is 15.6 Å². The minimum absolute atomic E-state index is 0.0617. The fourth-order valence-corrected chi connectivity index (χ4v) is 3.32. The van der Waals surface area contributed by atoms with Crippen LogP contribution >= 0.6 is 0 Å². The normalized spacial score (nSPS) is 10.8. The second-order valence-electron chi connectivity index (χ2n) is 6.83. The number of amides is 1. The Kier molecular flexibility index (Phi) is 4.63. The lowest BCUT2D eigenvalue weighted by atomic mass is 9.99. The number of fused-ring (bicyclic) bond motifs is 3. The molecule has 148 valence electrons. The molecule has 0 atom stereocenters. The SMILES string of the molecule is CC(=O)c1ccc2c(c1)c(=O)oc1cccc(C(=O)Nc3ccc(C(=N)N)cc3)c12. The summed E-state index contributed by atoms with van der Waals surface area (Å²) in [6.07, 6.45) is 0. The van der Waals surface area contributed by atoms with Gasteiger partial charge >= 0.3 is 5.63 Å². The van der Waals surface area contributed by atoms with Crippen LogP contribution in [-0.2, 0) is 0 Å². The van der Waals surface area contributed by atoms with Crippen molar-refractivity contribution in [3.05, 3.63) is 87.8 Å². The highest BCUT2D eigenvalue weighted by atomic mass is 16.4. The molecule has 1 aromatic heterocycles. The summed E-state index contributed by atoms with van der Waals surface area (Å²) in [5.74, 6) is -0.619. The van der Waals surface area contributed by atoms with E-state index in [1.807, 2.05) is 0 Å². The number of hydrogen-bond acceptors (Lipinski definition) is 5. The molecule has 4 aromatic rings. The summed E-state index contributed by atoms with van der Waals surface area (Å²) in [6, 6.07) is 16.2. The number of rotatable bonds is 4. The predicted molar refractivity (Wildman–Crippen MR) is 115 cm³/mol. The van der Waals surface area contributed by atoms with Crippen molar-refractivity contribution in [1.82, 2.24) is 0 Å². The lowest BCUT2D eigenvalue weighted by Crippen LogP contribution is -2.14. The van der Waals surface area contributed by atoms with E-state index < -0.39 is 5.63 Å². The van der Waals surface area contributed by atoms with E-state index in [0.717, 1.165) is 0 Å². The summed E-state index contributed by atoms with van der Waals surface area (Å²) in [7, 11) is 0. The number of benzene rings is 3. The van der Waals surface area contributed by atoms with E-state index in [-0.39, 0.29) is 28.5 Å². The summed E-state index contributed by atoms with van der Waals surface area (Å²) >= 11 is 0. The Hall–Kier alpha value is -4.26. The van der Waals surface area contributed by atoms with Gasteiger partial charge in [0.1, 0.15) is 11.4 Å². The first-order chi connectivity index (χ1) is 14.3. The Bertz CT molecular complexity index is 1400. The number of amidine groups is 1. The summed E-state index contributed by atoms with van der Waals surface area (Å²) < 4.78 is 5.41. The molecule has 30 heavy (non-hydrogen) atoms. The standard InChI is InChI=1S/C23H17N3O4/c1-12(27)14-7-10-16-18(11-14)23(29)30-19-4-2-3-17(20(16)19)22(28)26-15-8-5-13(6-9-15)21(24)25/h2-11H,1H3,(H3,24,25)(H,26,28). The van der Waals surface area contributed by atoms with Crippen LogP contribution in [0.3, 0.4) is 0 Å². The first-order valence-electron chi connectivity index (χ1n) is 9.11. The molecule has 4 rings (SSSR count). The van der Waals surface area contributed by atoms with Crippen molar-refractivity contribution in [1.29, 1.82) is 5.41 Å². The van der Waals surface area contributed by atoms with Crippen LogP contribution in [0.25, 0.3) is 21.7 Å². The topological polar surface area (TPSA) is 126 Å². The van der Waals surface area contributed by atoms with Gasteiger partial charge in [-0.3, -0.25) is 15.0 Å². The number of nitrogen functional groups attached to an aromatic ring is 1. The van der Waals surface area contributed by atoms with Crippen molar-refractivity contribution < 1.29 is 14.0 Å². The van der Waals surface area contributed by atoms with Gasteiger partial charge in [0.05, 0.1) is 10.9 Å². The molecule has 0 saturated carbocycles. The Morgan fingerprint density at radius 3 is 2.33 bits per heavy atom. The zero-order valence-electron chi connectivity index (χ0n) is 16.0. The van der Waals surface area contributed by atoms with E-state index in [1.54, 1.807) is 54.6 Å². The number of anilines is 1. The Morgan fingerprint density at radius 1 is 0.967 bits per heavy atom. The van der Waals surface area contributed by atoms with Crippen molar-refractivity contribution in [3.63, 3.8) is 0 Å². The van der Waals surface area contributed by atoms with Crippen LogP contribution in [0.15, 0.2) is 69.9 Å². The van der Waals surface area contributed by atoms with E-state index >= 15 is 0 Å². The molecule has 4 N–H and O–H groups in total. The highest BCUT2D eigenvalue weighted by molar-refractivity contribution is 6.19. The molecule has 0 spiro atoms. The van der Waals surface area contributed by atoms with Crippen LogP contribution in [0.2, 0.25) is 0 Å². The maximum absolute atomic E-state index is 13.0. The molecular weight excluding hydrogens is 382 g/mol. The van der Waals surface area contributed by atoms with E-state index in [9.17, 15) is 14.4 Å². The highest BCUT2D eigenvalue weighted by Gasteiger charge is 2.17. The van der Waals surface area contributed by atoms with Crippen LogP contribution in [-0.4, -0.2) is 17.5 Å². The summed E-state index contributed by atoms with van der Waals surface area (Å²) in [5, 5.41) is 11.5. The summed E-state index contributed by atoms with van der Waals surface area (Å²) in [5.41, 5.74) is 6.96. The van der Waals surface area contributed by atoms with Gasteiger partial charge in [-0.1, -0.05) is 18.2 Å². The number of carbonyl (C=O) groups excluding carboxylic acids is 2. The zero-order valence-corrected chi connectivity index (χ0v) is 16.0. The van der Waals surface area contributed by atoms with Crippen molar-refractivity contribution in [2.75, 3.05) is 5.32 Å². The van der Waals surface area contributed by atoms with Crippen molar-refractivity contribution in [2.45, 2.75) is 6.92 Å². The second kappa shape index (κ2) is 7.29. The number of carbonyl (C=O) groups is 2. The van der Waals surface area contributed by atoms with Gasteiger partial charge in [-0.25, -0.2) is 4.79 Å². The molecule has 0 saturated heterocycles. The quantitative estimate of drug-likeness (QED) is 0.159. The second-order valence-corrected chi connectivity index (χ2v) is 6.83. The van der Waals surface area contributed by atoms with Gasteiger partial charge in [-0.05, 0) is 49.4 Å². The molecule has 1 amide bonds. The number of Topliss-reactive ketones (excluding diaryl/α,β-unsaturated/α-hetero) is 1. The molecule has 0 aliphatic heterocycles. The zero-order chi connectivity index (χ0) is 21.4. The van der Waals surface area contributed by atoms with Crippen LogP contribution in [0.1, 0.15) is 33.2 Å². The average Bonchev–Trinajstić information content (AvgIpc) is 2.73. The third-order valence-electron chi connectivity index (χ3n) is 4.84. The van der Waals surface area contributed by atoms with E-state index in [1.165, 1.54) is 13.0 Å². The van der Waals surface area contributed by atoms with Crippen molar-refractivity contribution in [2.24, 2.45) is 5.73 Å². The molecular formula is C23H17N3O4. The molecule has 7 heteroatoms. The summed E-state index contributed by atoms with van der Waals surface area (Å²) in [6.45, 7) is 1.42. The van der Waals surface area contributed by atoms with Crippen molar-refractivity contribution in [3.8, 4) is 0 Å². The molecule has 0 aliphatic rings. The Morgan fingerprint density at radius 2 is 1.67 bits per heavy atom. The van der Waals surface area contributed by atoms with Crippen LogP contribution in [0.4, 0.5) is 5.69 Å². The predicted octanol–water partition coefficient (Wildman–Crippen LogP) is 3.69. The van der Waals surface area contributed by atoms with Crippen LogP contribution in [0.5, 0.6) is 0 Å². The molecule has 3 aromatic carbocycles. The number of hydrogen-bond donors (Lipinski definition) is 3. The minimum atomic E-state index is -0.571. The van der Waals surface area contributed by atoms with Gasteiger partial charge in [0, 0.05) is 27.6 Å². The number of nitrogens with two attached hydrogens (primary N) is 1. The number of nitrogens with one attached hydrogen (secondary N) is 2. The van der Waals surface area contributed by atoms with Gasteiger partial charge in [-0.15, -0.1) is 0 Å². The third-order valence-corrected chi connectivity index (χ3v) is 4.84. The van der Waals surface area contributed by atoms with Crippen LogP contribution in [0, 0.1) is 5.41 Å². The molecule has 0 radical (unpaired) electrons. The fraction of sp³-hybridized carbons (Fsp3) is 0.0435. The Balaban J connectivity index is 1.84. The van der Waals surface area contributed by atoms with Crippen LogP contribution < -0.4 is 16.7 Å².